The molecule has 6 nitrogen and oxygen atoms in total. The van der Waals surface area contributed by atoms with Gasteiger partial charge in [-0.1, -0.05) is 24.3 Å². The van der Waals surface area contributed by atoms with Gasteiger partial charge in [-0.05, 0) is 30.9 Å². The van der Waals surface area contributed by atoms with Gasteiger partial charge in [0, 0.05) is 45.8 Å². The zero-order valence-corrected chi connectivity index (χ0v) is 15.7. The normalized spacial score (nSPS) is 18.9. The number of aryl methyl sites for hydroxylation is 1. The van der Waals surface area contributed by atoms with Crippen LogP contribution >= 0.6 is 0 Å². The van der Waals surface area contributed by atoms with Crippen molar-refractivity contribution in [3.63, 3.8) is 0 Å². The predicted molar refractivity (Wildman–Crippen MR) is 102 cm³/mol. The minimum absolute atomic E-state index is 0.0647. The summed E-state index contributed by atoms with van der Waals surface area (Å²) in [6.45, 7) is 8.80. The standard InChI is InChI=1S/C20H30N4O2/c1-17-6-2-3-7-18(17)14-21-19(25)15-22-10-12-23(13-11-22)16-20(26)24-8-4-5-9-24/h2-3,6-7H,4-5,8-16H2,1H3,(H,21,25). The maximum absolute atomic E-state index is 12.2. The summed E-state index contributed by atoms with van der Waals surface area (Å²) in [7, 11) is 0. The number of benzene rings is 1. The van der Waals surface area contributed by atoms with Gasteiger partial charge in [-0.3, -0.25) is 19.4 Å². The smallest absolute Gasteiger partial charge is 0.236 e. The molecule has 0 spiro atoms. The number of nitrogens with one attached hydrogen (secondary N) is 1. The van der Waals surface area contributed by atoms with E-state index < -0.39 is 0 Å². The average molecular weight is 358 g/mol. The summed E-state index contributed by atoms with van der Waals surface area (Å²) < 4.78 is 0. The molecule has 0 aliphatic carbocycles. The molecular formula is C20H30N4O2. The Labute approximate surface area is 156 Å². The molecule has 0 aromatic heterocycles. The fraction of sp³-hybridized carbons (Fsp3) is 0.600. The van der Waals surface area contributed by atoms with Gasteiger partial charge in [0.15, 0.2) is 0 Å². The lowest BCUT2D eigenvalue weighted by Crippen LogP contribution is -2.51. The highest BCUT2D eigenvalue weighted by molar-refractivity contribution is 5.79. The summed E-state index contributed by atoms with van der Waals surface area (Å²) in [6.07, 6.45) is 2.27. The van der Waals surface area contributed by atoms with Gasteiger partial charge in [0.05, 0.1) is 13.1 Å². The Kier molecular flexibility index (Phi) is 6.63. The maximum atomic E-state index is 12.2. The molecule has 2 amide bonds. The number of piperazine rings is 1. The topological polar surface area (TPSA) is 55.9 Å². The maximum Gasteiger partial charge on any atom is 0.236 e. The third-order valence-corrected chi connectivity index (χ3v) is 5.39. The van der Waals surface area contributed by atoms with Crippen molar-refractivity contribution in [3.05, 3.63) is 35.4 Å². The first-order valence-corrected chi connectivity index (χ1v) is 9.65. The Morgan fingerprint density at radius 1 is 0.923 bits per heavy atom. The Morgan fingerprint density at radius 2 is 1.54 bits per heavy atom. The second-order valence-corrected chi connectivity index (χ2v) is 7.34. The molecule has 2 aliphatic rings. The van der Waals surface area contributed by atoms with Crippen LogP contribution in [0.5, 0.6) is 0 Å². The number of hydrogen-bond donors (Lipinski definition) is 1. The van der Waals surface area contributed by atoms with Crippen LogP contribution in [-0.4, -0.2) is 78.9 Å². The van der Waals surface area contributed by atoms with Crippen LogP contribution in [-0.2, 0) is 16.1 Å². The monoisotopic (exact) mass is 358 g/mol. The highest BCUT2D eigenvalue weighted by Gasteiger charge is 2.24. The fourth-order valence-electron chi connectivity index (χ4n) is 3.62. The van der Waals surface area contributed by atoms with Crippen LogP contribution < -0.4 is 5.32 Å². The van der Waals surface area contributed by atoms with Gasteiger partial charge in [0.1, 0.15) is 0 Å². The third-order valence-electron chi connectivity index (χ3n) is 5.39. The number of rotatable bonds is 6. The molecular weight excluding hydrogens is 328 g/mol. The predicted octanol–water partition coefficient (Wildman–Crippen LogP) is 0.851. The molecule has 0 radical (unpaired) electrons. The van der Waals surface area contributed by atoms with E-state index in [0.717, 1.165) is 57.7 Å². The largest absolute Gasteiger partial charge is 0.351 e. The van der Waals surface area contributed by atoms with Crippen LogP contribution in [0.4, 0.5) is 0 Å². The molecule has 0 bridgehead atoms. The molecule has 26 heavy (non-hydrogen) atoms. The van der Waals surface area contributed by atoms with Crippen LogP contribution in [0.15, 0.2) is 24.3 Å². The number of nitrogens with zero attached hydrogens (tertiary/aromatic N) is 3. The van der Waals surface area contributed by atoms with Crippen molar-refractivity contribution in [2.45, 2.75) is 26.3 Å². The molecule has 2 heterocycles. The van der Waals surface area contributed by atoms with E-state index in [1.807, 2.05) is 23.1 Å². The Hall–Kier alpha value is -1.92. The van der Waals surface area contributed by atoms with Gasteiger partial charge < -0.3 is 10.2 Å². The molecule has 1 N–H and O–H groups in total. The Morgan fingerprint density at radius 3 is 2.19 bits per heavy atom. The summed E-state index contributed by atoms with van der Waals surface area (Å²) in [5.74, 6) is 0.321. The molecule has 6 heteroatoms. The number of carbonyl (C=O) groups is 2. The number of likely N-dealkylation sites (tertiary alicyclic amines) is 1. The minimum atomic E-state index is 0.0647. The highest BCUT2D eigenvalue weighted by Crippen LogP contribution is 2.09. The molecule has 2 saturated heterocycles. The van der Waals surface area contributed by atoms with Crippen LogP contribution in [0, 0.1) is 6.92 Å². The van der Waals surface area contributed by atoms with E-state index in [0.29, 0.717) is 19.6 Å². The number of hydrogen-bond acceptors (Lipinski definition) is 4. The lowest BCUT2D eigenvalue weighted by atomic mass is 10.1. The highest BCUT2D eigenvalue weighted by atomic mass is 16.2. The van der Waals surface area contributed by atoms with Gasteiger partial charge in [-0.15, -0.1) is 0 Å². The zero-order chi connectivity index (χ0) is 18.4. The van der Waals surface area contributed by atoms with E-state index in [1.165, 1.54) is 5.56 Å². The summed E-state index contributed by atoms with van der Waals surface area (Å²) in [5, 5.41) is 3.01. The fourth-order valence-corrected chi connectivity index (χ4v) is 3.62. The summed E-state index contributed by atoms with van der Waals surface area (Å²) >= 11 is 0. The summed E-state index contributed by atoms with van der Waals surface area (Å²) in [6, 6.07) is 8.11. The van der Waals surface area contributed by atoms with E-state index in [2.05, 4.69) is 28.1 Å². The molecule has 0 atom stereocenters. The second kappa shape index (κ2) is 9.14. The first-order valence-electron chi connectivity index (χ1n) is 9.65. The number of amides is 2. The summed E-state index contributed by atoms with van der Waals surface area (Å²) in [4.78, 5) is 30.8. The average Bonchev–Trinajstić information content (AvgIpc) is 3.17. The SMILES string of the molecule is Cc1ccccc1CNC(=O)CN1CCN(CC(=O)N2CCCC2)CC1. The van der Waals surface area contributed by atoms with Crippen molar-refractivity contribution >= 4 is 11.8 Å². The third kappa shape index (κ3) is 5.29. The molecule has 1 aromatic rings. The van der Waals surface area contributed by atoms with Crippen molar-refractivity contribution in [2.75, 3.05) is 52.4 Å². The van der Waals surface area contributed by atoms with Gasteiger partial charge in [0.25, 0.3) is 0 Å². The van der Waals surface area contributed by atoms with Gasteiger partial charge in [-0.2, -0.15) is 0 Å². The number of carbonyl (C=O) groups excluding carboxylic acids is 2. The van der Waals surface area contributed by atoms with Crippen LogP contribution in [0.25, 0.3) is 0 Å². The molecule has 0 saturated carbocycles. The molecule has 1 aromatic carbocycles. The lowest BCUT2D eigenvalue weighted by Gasteiger charge is -2.34. The van der Waals surface area contributed by atoms with Crippen molar-refractivity contribution in [2.24, 2.45) is 0 Å². The van der Waals surface area contributed by atoms with Crippen molar-refractivity contribution < 1.29 is 9.59 Å². The molecule has 142 valence electrons. The lowest BCUT2D eigenvalue weighted by molar-refractivity contribution is -0.132. The van der Waals surface area contributed by atoms with E-state index in [4.69, 9.17) is 0 Å². The van der Waals surface area contributed by atoms with Crippen molar-refractivity contribution in [1.82, 2.24) is 20.0 Å². The Balaban J connectivity index is 1.35. The van der Waals surface area contributed by atoms with Crippen molar-refractivity contribution in [3.8, 4) is 0 Å². The molecule has 0 unspecified atom stereocenters. The minimum Gasteiger partial charge on any atom is -0.351 e. The van der Waals surface area contributed by atoms with Gasteiger partial charge in [0.2, 0.25) is 11.8 Å². The summed E-state index contributed by atoms with van der Waals surface area (Å²) in [5.41, 5.74) is 2.36. The van der Waals surface area contributed by atoms with Crippen LogP contribution in [0.3, 0.4) is 0 Å². The first kappa shape index (κ1) is 18.9. The molecule has 2 aliphatic heterocycles. The van der Waals surface area contributed by atoms with E-state index in [-0.39, 0.29) is 11.8 Å². The van der Waals surface area contributed by atoms with Crippen LogP contribution in [0.2, 0.25) is 0 Å². The van der Waals surface area contributed by atoms with Crippen molar-refractivity contribution in [1.29, 1.82) is 0 Å². The first-order chi connectivity index (χ1) is 12.6. The quantitative estimate of drug-likeness (QED) is 0.819. The second-order valence-electron chi connectivity index (χ2n) is 7.34. The van der Waals surface area contributed by atoms with Crippen LogP contribution in [0.1, 0.15) is 24.0 Å². The van der Waals surface area contributed by atoms with Gasteiger partial charge >= 0.3 is 0 Å². The van der Waals surface area contributed by atoms with E-state index >= 15 is 0 Å². The van der Waals surface area contributed by atoms with E-state index in [9.17, 15) is 9.59 Å². The molecule has 2 fully saturated rings. The van der Waals surface area contributed by atoms with Gasteiger partial charge in [-0.25, -0.2) is 0 Å². The zero-order valence-electron chi connectivity index (χ0n) is 15.7. The molecule has 3 rings (SSSR count). The Bertz CT molecular complexity index is 620. The van der Waals surface area contributed by atoms with E-state index in [1.54, 1.807) is 0 Å².